The van der Waals surface area contributed by atoms with Gasteiger partial charge in [0.2, 0.25) is 6.41 Å². The van der Waals surface area contributed by atoms with Crippen LogP contribution < -0.4 is 5.32 Å². The van der Waals surface area contributed by atoms with Gasteiger partial charge in [0.25, 0.3) is 0 Å². The number of rotatable bonds is 5. The zero-order valence-corrected chi connectivity index (χ0v) is 9.78. The lowest BCUT2D eigenvalue weighted by molar-refractivity contribution is -0.110. The summed E-state index contributed by atoms with van der Waals surface area (Å²) in [6.45, 7) is 3.89. The maximum absolute atomic E-state index is 11.6. The van der Waals surface area contributed by atoms with Gasteiger partial charge in [-0.15, -0.1) is 0 Å². The summed E-state index contributed by atoms with van der Waals surface area (Å²) >= 11 is 0. The lowest BCUT2D eigenvalue weighted by atomic mass is 10.1. The molecule has 0 saturated carbocycles. The first-order chi connectivity index (χ1) is 7.77. The molecule has 0 aromatic rings. The van der Waals surface area contributed by atoms with Gasteiger partial charge >= 0.3 is 6.09 Å². The summed E-state index contributed by atoms with van der Waals surface area (Å²) in [7, 11) is 0. The van der Waals surface area contributed by atoms with Crippen LogP contribution in [0.5, 0.6) is 0 Å². The number of piperidine rings is 1. The van der Waals surface area contributed by atoms with Gasteiger partial charge in [0, 0.05) is 19.1 Å². The van der Waals surface area contributed by atoms with Crippen molar-refractivity contribution in [3.8, 4) is 0 Å². The van der Waals surface area contributed by atoms with Crippen molar-refractivity contribution in [2.75, 3.05) is 19.7 Å². The molecule has 0 atom stereocenters. The van der Waals surface area contributed by atoms with E-state index in [4.69, 9.17) is 4.74 Å². The summed E-state index contributed by atoms with van der Waals surface area (Å²) in [6, 6.07) is 0.206. The zero-order valence-electron chi connectivity index (χ0n) is 9.78. The fraction of sp³-hybridized carbons (Fsp3) is 0.818. The van der Waals surface area contributed by atoms with E-state index < -0.39 is 0 Å². The number of unbranched alkanes of at least 4 members (excludes halogenated alkanes) is 1. The van der Waals surface area contributed by atoms with Crippen LogP contribution in [0.25, 0.3) is 0 Å². The van der Waals surface area contributed by atoms with Crippen LogP contribution in [0.1, 0.15) is 32.6 Å². The highest BCUT2D eigenvalue weighted by atomic mass is 16.6. The van der Waals surface area contributed by atoms with E-state index in [1.807, 2.05) is 0 Å². The second-order valence-electron chi connectivity index (χ2n) is 4.01. The predicted molar refractivity (Wildman–Crippen MR) is 60.1 cm³/mol. The Hall–Kier alpha value is -1.26. The van der Waals surface area contributed by atoms with Crippen molar-refractivity contribution in [2.24, 2.45) is 0 Å². The Kier molecular flexibility index (Phi) is 5.67. The highest BCUT2D eigenvalue weighted by Crippen LogP contribution is 2.11. The normalized spacial score (nSPS) is 16.9. The molecule has 0 spiro atoms. The number of nitrogens with zero attached hydrogens (tertiary/aromatic N) is 1. The summed E-state index contributed by atoms with van der Waals surface area (Å²) in [6.07, 6.45) is 4.05. The Morgan fingerprint density at radius 2 is 2.19 bits per heavy atom. The third-order valence-electron chi connectivity index (χ3n) is 2.78. The van der Waals surface area contributed by atoms with E-state index in [9.17, 15) is 9.59 Å². The molecule has 1 fully saturated rings. The molecule has 92 valence electrons. The standard InChI is InChI=1S/C11H20N2O3/c1-2-3-8-16-11(15)13-6-4-10(5-7-13)12-9-14/h9-10H,2-8H2,1H3,(H,12,14). The van der Waals surface area contributed by atoms with E-state index in [0.29, 0.717) is 19.7 Å². The number of hydrogen-bond acceptors (Lipinski definition) is 3. The average molecular weight is 228 g/mol. The minimum atomic E-state index is -0.224. The monoisotopic (exact) mass is 228 g/mol. The van der Waals surface area contributed by atoms with Gasteiger partial charge in [-0.1, -0.05) is 13.3 Å². The summed E-state index contributed by atoms with van der Waals surface area (Å²) in [5.74, 6) is 0. The molecule has 1 rings (SSSR count). The van der Waals surface area contributed by atoms with Crippen LogP contribution in [0.4, 0.5) is 4.79 Å². The van der Waals surface area contributed by atoms with Crippen molar-refractivity contribution in [3.05, 3.63) is 0 Å². The van der Waals surface area contributed by atoms with Gasteiger partial charge in [-0.05, 0) is 19.3 Å². The first kappa shape index (κ1) is 12.8. The van der Waals surface area contributed by atoms with E-state index in [2.05, 4.69) is 12.2 Å². The van der Waals surface area contributed by atoms with Crippen LogP contribution in [0, 0.1) is 0 Å². The molecule has 2 amide bonds. The second-order valence-corrected chi connectivity index (χ2v) is 4.01. The van der Waals surface area contributed by atoms with Crippen molar-refractivity contribution in [2.45, 2.75) is 38.6 Å². The van der Waals surface area contributed by atoms with Crippen LogP contribution in [0.3, 0.4) is 0 Å². The molecular weight excluding hydrogens is 208 g/mol. The van der Waals surface area contributed by atoms with Gasteiger partial charge in [0.1, 0.15) is 0 Å². The van der Waals surface area contributed by atoms with Crippen LogP contribution >= 0.6 is 0 Å². The number of nitrogens with one attached hydrogen (secondary N) is 1. The Labute approximate surface area is 96.1 Å². The van der Waals surface area contributed by atoms with Crippen molar-refractivity contribution < 1.29 is 14.3 Å². The van der Waals surface area contributed by atoms with Gasteiger partial charge in [0.05, 0.1) is 6.61 Å². The van der Waals surface area contributed by atoms with Crippen molar-refractivity contribution in [3.63, 3.8) is 0 Å². The molecule has 0 radical (unpaired) electrons. The van der Waals surface area contributed by atoms with E-state index in [1.54, 1.807) is 4.90 Å². The minimum Gasteiger partial charge on any atom is -0.449 e. The molecule has 0 aliphatic carbocycles. The Morgan fingerprint density at radius 3 is 2.75 bits per heavy atom. The smallest absolute Gasteiger partial charge is 0.409 e. The molecular formula is C11H20N2O3. The second kappa shape index (κ2) is 7.09. The highest BCUT2D eigenvalue weighted by Gasteiger charge is 2.22. The molecule has 1 aliphatic rings. The largest absolute Gasteiger partial charge is 0.449 e. The molecule has 1 heterocycles. The summed E-state index contributed by atoms with van der Waals surface area (Å²) in [5.41, 5.74) is 0. The molecule has 0 aromatic carbocycles. The number of amides is 2. The van der Waals surface area contributed by atoms with E-state index in [0.717, 1.165) is 32.1 Å². The quantitative estimate of drug-likeness (QED) is 0.567. The topological polar surface area (TPSA) is 58.6 Å². The Balaban J connectivity index is 2.19. The molecule has 1 aliphatic heterocycles. The Bertz CT molecular complexity index is 225. The Morgan fingerprint density at radius 1 is 1.50 bits per heavy atom. The number of carbonyl (C=O) groups excluding carboxylic acids is 2. The van der Waals surface area contributed by atoms with Crippen LogP contribution in [-0.4, -0.2) is 43.1 Å². The van der Waals surface area contributed by atoms with Gasteiger partial charge < -0.3 is 15.0 Å². The zero-order chi connectivity index (χ0) is 11.8. The predicted octanol–water partition coefficient (Wildman–Crippen LogP) is 1.13. The molecule has 16 heavy (non-hydrogen) atoms. The van der Waals surface area contributed by atoms with Gasteiger partial charge in [0.15, 0.2) is 0 Å². The molecule has 0 bridgehead atoms. The minimum absolute atomic E-state index is 0.206. The average Bonchev–Trinajstić information content (AvgIpc) is 2.30. The van der Waals surface area contributed by atoms with Crippen molar-refractivity contribution in [1.82, 2.24) is 10.2 Å². The number of ether oxygens (including phenoxy) is 1. The summed E-state index contributed by atoms with van der Waals surface area (Å²) < 4.78 is 5.11. The van der Waals surface area contributed by atoms with Gasteiger partial charge in [-0.3, -0.25) is 4.79 Å². The molecule has 5 nitrogen and oxygen atoms in total. The fourth-order valence-electron chi connectivity index (χ4n) is 1.72. The lowest BCUT2D eigenvalue weighted by Crippen LogP contribution is -2.44. The third kappa shape index (κ3) is 4.08. The third-order valence-corrected chi connectivity index (χ3v) is 2.78. The first-order valence-corrected chi connectivity index (χ1v) is 5.89. The fourth-order valence-corrected chi connectivity index (χ4v) is 1.72. The molecule has 1 saturated heterocycles. The summed E-state index contributed by atoms with van der Waals surface area (Å²) in [5, 5.41) is 2.74. The lowest BCUT2D eigenvalue weighted by Gasteiger charge is -2.30. The number of carbonyl (C=O) groups is 2. The van der Waals surface area contributed by atoms with Crippen LogP contribution in [0.2, 0.25) is 0 Å². The van der Waals surface area contributed by atoms with E-state index in [-0.39, 0.29) is 12.1 Å². The molecule has 0 unspecified atom stereocenters. The van der Waals surface area contributed by atoms with E-state index >= 15 is 0 Å². The van der Waals surface area contributed by atoms with Gasteiger partial charge in [-0.25, -0.2) is 4.79 Å². The molecule has 1 N–H and O–H groups in total. The SMILES string of the molecule is CCCCOC(=O)N1CCC(NC=O)CC1. The van der Waals surface area contributed by atoms with Crippen LogP contribution in [-0.2, 0) is 9.53 Å². The highest BCUT2D eigenvalue weighted by molar-refractivity contribution is 5.67. The van der Waals surface area contributed by atoms with Crippen molar-refractivity contribution in [1.29, 1.82) is 0 Å². The first-order valence-electron chi connectivity index (χ1n) is 5.89. The maximum atomic E-state index is 11.6. The molecule has 0 aromatic heterocycles. The van der Waals surface area contributed by atoms with Gasteiger partial charge in [-0.2, -0.15) is 0 Å². The summed E-state index contributed by atoms with van der Waals surface area (Å²) in [4.78, 5) is 23.5. The number of likely N-dealkylation sites (tertiary alicyclic amines) is 1. The van der Waals surface area contributed by atoms with Crippen molar-refractivity contribution >= 4 is 12.5 Å². The number of hydrogen-bond donors (Lipinski definition) is 1. The molecule has 5 heteroatoms. The van der Waals surface area contributed by atoms with Crippen LogP contribution in [0.15, 0.2) is 0 Å². The van der Waals surface area contributed by atoms with E-state index in [1.165, 1.54) is 0 Å². The maximum Gasteiger partial charge on any atom is 0.409 e.